The summed E-state index contributed by atoms with van der Waals surface area (Å²) in [6, 6.07) is 7.06. The molecule has 1 N–H and O–H groups in total. The Kier molecular flexibility index (Phi) is 7.72. The minimum Gasteiger partial charge on any atom is -0.353 e. The number of sulfonamides is 1. The van der Waals surface area contributed by atoms with E-state index in [1.165, 1.54) is 4.31 Å². The van der Waals surface area contributed by atoms with Crippen LogP contribution in [0.1, 0.15) is 46.1 Å². The van der Waals surface area contributed by atoms with Crippen LogP contribution in [0.25, 0.3) is 0 Å². The molecule has 2 rings (SSSR count). The zero-order valence-corrected chi connectivity index (χ0v) is 18.2. The second-order valence-electron chi connectivity index (χ2n) is 8.07. The van der Waals surface area contributed by atoms with Gasteiger partial charge in [0, 0.05) is 24.2 Å². The minimum absolute atomic E-state index is 0.0416. The largest absolute Gasteiger partial charge is 0.353 e. The SMILES string of the molecule is CC(C)C(NC(=O)C1CCCN(S(=O)(=O)Cc2ccccc2Cl)C1)C(C)C. The van der Waals surface area contributed by atoms with Gasteiger partial charge in [0.2, 0.25) is 15.9 Å². The summed E-state index contributed by atoms with van der Waals surface area (Å²) in [5.74, 6) is 0.178. The zero-order chi connectivity index (χ0) is 20.2. The Bertz CT molecular complexity index is 741. The lowest BCUT2D eigenvalue weighted by atomic mass is 9.91. The molecule has 1 aromatic carbocycles. The fraction of sp³-hybridized carbons (Fsp3) is 0.650. The van der Waals surface area contributed by atoms with Crippen LogP contribution in [0.5, 0.6) is 0 Å². The molecule has 1 saturated heterocycles. The Balaban J connectivity index is 2.06. The van der Waals surface area contributed by atoms with Crippen LogP contribution in [0, 0.1) is 17.8 Å². The van der Waals surface area contributed by atoms with Crippen molar-refractivity contribution in [3.05, 3.63) is 34.9 Å². The monoisotopic (exact) mass is 414 g/mol. The summed E-state index contributed by atoms with van der Waals surface area (Å²) in [7, 11) is -3.52. The molecule has 1 fully saturated rings. The molecule has 0 saturated carbocycles. The summed E-state index contributed by atoms with van der Waals surface area (Å²) in [5.41, 5.74) is 0.588. The first kappa shape index (κ1) is 22.2. The summed E-state index contributed by atoms with van der Waals surface area (Å²) in [5, 5.41) is 3.58. The van der Waals surface area contributed by atoms with Crippen LogP contribution >= 0.6 is 11.6 Å². The van der Waals surface area contributed by atoms with Crippen LogP contribution in [0.15, 0.2) is 24.3 Å². The van der Waals surface area contributed by atoms with Gasteiger partial charge in [0.1, 0.15) is 0 Å². The Labute approximate surface area is 168 Å². The number of carbonyl (C=O) groups excluding carboxylic acids is 1. The van der Waals surface area contributed by atoms with Gasteiger partial charge in [-0.3, -0.25) is 4.79 Å². The number of benzene rings is 1. The second kappa shape index (κ2) is 9.39. The van der Waals surface area contributed by atoms with Gasteiger partial charge < -0.3 is 5.32 Å². The van der Waals surface area contributed by atoms with Crippen LogP contribution in [0.2, 0.25) is 5.02 Å². The molecule has 1 aromatic rings. The number of nitrogens with one attached hydrogen (secondary N) is 1. The van der Waals surface area contributed by atoms with E-state index >= 15 is 0 Å². The Hall–Kier alpha value is -1.11. The summed E-state index contributed by atoms with van der Waals surface area (Å²) >= 11 is 6.12. The first-order valence-corrected chi connectivity index (χ1v) is 11.6. The topological polar surface area (TPSA) is 66.5 Å². The first-order chi connectivity index (χ1) is 12.6. The minimum atomic E-state index is -3.52. The quantitative estimate of drug-likeness (QED) is 0.740. The van der Waals surface area contributed by atoms with Crippen molar-refractivity contribution >= 4 is 27.5 Å². The molecule has 0 radical (unpaired) electrons. The van der Waals surface area contributed by atoms with Crippen LogP contribution in [-0.2, 0) is 20.6 Å². The van der Waals surface area contributed by atoms with Crippen LogP contribution < -0.4 is 5.32 Å². The number of nitrogens with zero attached hydrogens (tertiary/aromatic N) is 1. The lowest BCUT2D eigenvalue weighted by molar-refractivity contribution is -0.127. The lowest BCUT2D eigenvalue weighted by Gasteiger charge is -2.33. The van der Waals surface area contributed by atoms with Gasteiger partial charge in [-0.2, -0.15) is 0 Å². The summed E-state index contributed by atoms with van der Waals surface area (Å²) in [4.78, 5) is 12.7. The third-order valence-electron chi connectivity index (χ3n) is 5.19. The molecule has 1 heterocycles. The molecule has 0 aliphatic carbocycles. The third-order valence-corrected chi connectivity index (χ3v) is 7.35. The summed E-state index contributed by atoms with van der Waals surface area (Å²) < 4.78 is 27.1. The molecule has 1 amide bonds. The van der Waals surface area contributed by atoms with Crippen molar-refractivity contribution in [1.82, 2.24) is 9.62 Å². The molecule has 0 spiro atoms. The number of halogens is 1. The highest BCUT2D eigenvalue weighted by atomic mass is 35.5. The number of hydrogen-bond acceptors (Lipinski definition) is 3. The zero-order valence-electron chi connectivity index (χ0n) is 16.6. The van der Waals surface area contributed by atoms with Gasteiger partial charge in [-0.25, -0.2) is 12.7 Å². The van der Waals surface area contributed by atoms with E-state index in [-0.39, 0.29) is 30.2 Å². The fourth-order valence-corrected chi connectivity index (χ4v) is 5.62. The smallest absolute Gasteiger partial charge is 0.224 e. The van der Waals surface area contributed by atoms with E-state index in [9.17, 15) is 13.2 Å². The van der Waals surface area contributed by atoms with E-state index in [4.69, 9.17) is 11.6 Å². The van der Waals surface area contributed by atoms with Gasteiger partial charge in [0.15, 0.2) is 0 Å². The average molecular weight is 415 g/mol. The van der Waals surface area contributed by atoms with Crippen molar-refractivity contribution in [1.29, 1.82) is 0 Å². The van der Waals surface area contributed by atoms with Gasteiger partial charge in [0.25, 0.3) is 0 Å². The number of amides is 1. The molecular weight excluding hydrogens is 384 g/mol. The number of piperidine rings is 1. The van der Waals surface area contributed by atoms with E-state index in [1.54, 1.807) is 24.3 Å². The molecule has 1 aliphatic heterocycles. The van der Waals surface area contributed by atoms with Crippen LogP contribution in [0.4, 0.5) is 0 Å². The second-order valence-corrected chi connectivity index (χ2v) is 10.4. The van der Waals surface area contributed by atoms with Crippen molar-refractivity contribution in [2.24, 2.45) is 17.8 Å². The molecule has 27 heavy (non-hydrogen) atoms. The number of carbonyl (C=O) groups is 1. The van der Waals surface area contributed by atoms with Crippen molar-refractivity contribution in [2.75, 3.05) is 13.1 Å². The van der Waals surface area contributed by atoms with Gasteiger partial charge in [-0.1, -0.05) is 57.5 Å². The van der Waals surface area contributed by atoms with E-state index in [1.807, 2.05) is 0 Å². The fourth-order valence-electron chi connectivity index (χ4n) is 3.70. The van der Waals surface area contributed by atoms with E-state index in [0.29, 0.717) is 41.8 Å². The standard InChI is InChI=1S/C20H31ClN2O3S/c1-14(2)19(15(3)4)22-20(24)16-9-7-11-23(12-16)27(25,26)13-17-8-5-6-10-18(17)21/h5-6,8,10,14-16,19H,7,9,11-13H2,1-4H3,(H,22,24). The molecule has 0 bridgehead atoms. The molecule has 0 aromatic heterocycles. The molecule has 1 atom stereocenters. The average Bonchev–Trinajstić information content (AvgIpc) is 2.61. The highest BCUT2D eigenvalue weighted by Gasteiger charge is 2.34. The Morgan fingerprint density at radius 3 is 2.44 bits per heavy atom. The van der Waals surface area contributed by atoms with Crippen molar-refractivity contribution in [3.8, 4) is 0 Å². The van der Waals surface area contributed by atoms with Crippen molar-refractivity contribution in [2.45, 2.75) is 52.3 Å². The number of hydrogen-bond donors (Lipinski definition) is 1. The molecular formula is C20H31ClN2O3S. The molecule has 1 unspecified atom stereocenters. The van der Waals surface area contributed by atoms with E-state index in [2.05, 4.69) is 33.0 Å². The number of rotatable bonds is 7. The highest BCUT2D eigenvalue weighted by molar-refractivity contribution is 7.88. The van der Waals surface area contributed by atoms with Crippen molar-refractivity contribution < 1.29 is 13.2 Å². The predicted octanol–water partition coefficient (Wildman–Crippen LogP) is 3.68. The van der Waals surface area contributed by atoms with E-state index < -0.39 is 10.0 Å². The molecule has 7 heteroatoms. The van der Waals surface area contributed by atoms with Gasteiger partial charge in [0.05, 0.1) is 11.7 Å². The summed E-state index contributed by atoms with van der Waals surface area (Å²) in [6.45, 7) is 9.05. The molecule has 152 valence electrons. The normalized spacial score (nSPS) is 19.0. The van der Waals surface area contributed by atoms with Gasteiger partial charge in [-0.05, 0) is 36.3 Å². The van der Waals surface area contributed by atoms with Gasteiger partial charge in [-0.15, -0.1) is 0 Å². The van der Waals surface area contributed by atoms with Crippen molar-refractivity contribution in [3.63, 3.8) is 0 Å². The van der Waals surface area contributed by atoms with Gasteiger partial charge >= 0.3 is 0 Å². The van der Waals surface area contributed by atoms with E-state index in [0.717, 1.165) is 0 Å². The lowest BCUT2D eigenvalue weighted by Crippen LogP contribution is -2.50. The first-order valence-electron chi connectivity index (χ1n) is 9.63. The Morgan fingerprint density at radius 2 is 1.85 bits per heavy atom. The maximum Gasteiger partial charge on any atom is 0.224 e. The maximum atomic E-state index is 12.8. The predicted molar refractivity (Wildman–Crippen MR) is 110 cm³/mol. The highest BCUT2D eigenvalue weighted by Crippen LogP contribution is 2.25. The third kappa shape index (κ3) is 5.93. The Morgan fingerprint density at radius 1 is 1.22 bits per heavy atom. The van der Waals surface area contributed by atoms with Crippen LogP contribution in [-0.4, -0.2) is 37.8 Å². The molecule has 1 aliphatic rings. The summed E-state index contributed by atoms with van der Waals surface area (Å²) in [6.07, 6.45) is 1.40. The molecule has 5 nitrogen and oxygen atoms in total. The maximum absolute atomic E-state index is 12.8. The van der Waals surface area contributed by atoms with Crippen LogP contribution in [0.3, 0.4) is 0 Å².